The Labute approximate surface area is 93.4 Å². The number of hydrogen-bond donors (Lipinski definition) is 0. The summed E-state index contributed by atoms with van der Waals surface area (Å²) in [6.45, 7) is 6.48. The first-order chi connectivity index (χ1) is 7.38. The molecule has 0 bridgehead atoms. The maximum atomic E-state index is 11.8. The Morgan fingerprint density at radius 1 is 1.31 bits per heavy atom. The van der Waals surface area contributed by atoms with Gasteiger partial charge in [0.15, 0.2) is 12.4 Å². The summed E-state index contributed by atoms with van der Waals surface area (Å²) < 4.78 is 44.7. The molecule has 0 N–H and O–H groups in total. The van der Waals surface area contributed by atoms with Gasteiger partial charge in [-0.25, -0.2) is 0 Å². The van der Waals surface area contributed by atoms with E-state index in [-0.39, 0.29) is 11.7 Å². The Morgan fingerprint density at radius 2 is 1.88 bits per heavy atom. The molecule has 1 aromatic heterocycles. The van der Waals surface area contributed by atoms with E-state index < -0.39 is 12.8 Å². The first kappa shape index (κ1) is 14.9. The van der Waals surface area contributed by atoms with Gasteiger partial charge in [0.25, 0.3) is 0 Å². The van der Waals surface area contributed by atoms with Gasteiger partial charge in [0, 0.05) is 12.0 Å². The van der Waals surface area contributed by atoms with E-state index in [2.05, 4.69) is 4.74 Å². The first-order valence-corrected chi connectivity index (χ1v) is 5.16. The monoisotopic (exact) mass is 238 g/mol. The van der Waals surface area contributed by atoms with E-state index in [0.717, 1.165) is 0 Å². The lowest BCUT2D eigenvalue weighted by Crippen LogP contribution is -2.18. The molecule has 1 heterocycles. The van der Waals surface area contributed by atoms with E-state index in [1.54, 1.807) is 0 Å². The van der Waals surface area contributed by atoms with Gasteiger partial charge >= 0.3 is 6.18 Å². The predicted molar refractivity (Wildman–Crippen MR) is 55.7 cm³/mol. The Bertz CT molecular complexity index is 290. The van der Waals surface area contributed by atoms with Crippen LogP contribution in [-0.2, 0) is 0 Å². The third-order valence-electron chi connectivity index (χ3n) is 1.57. The molecule has 0 fully saturated rings. The van der Waals surface area contributed by atoms with Crippen LogP contribution in [-0.4, -0.2) is 12.8 Å². The summed E-state index contributed by atoms with van der Waals surface area (Å²) in [6, 6.07) is 1.47. The van der Waals surface area contributed by atoms with E-state index in [0.29, 0.717) is 5.76 Å². The fourth-order valence-corrected chi connectivity index (χ4v) is 0.878. The van der Waals surface area contributed by atoms with Gasteiger partial charge in [-0.1, -0.05) is 27.7 Å². The van der Waals surface area contributed by atoms with Gasteiger partial charge in [-0.2, -0.15) is 13.2 Å². The summed E-state index contributed by atoms with van der Waals surface area (Å²) in [5, 5.41) is 0. The highest BCUT2D eigenvalue weighted by Crippen LogP contribution is 2.24. The summed E-state index contributed by atoms with van der Waals surface area (Å²) in [5.74, 6) is 0.867. The van der Waals surface area contributed by atoms with Crippen molar-refractivity contribution in [3.05, 3.63) is 18.1 Å². The average Bonchev–Trinajstić information content (AvgIpc) is 2.65. The van der Waals surface area contributed by atoms with Crippen LogP contribution >= 0.6 is 0 Å². The van der Waals surface area contributed by atoms with Crippen molar-refractivity contribution in [3.8, 4) is 5.75 Å². The van der Waals surface area contributed by atoms with Crippen LogP contribution in [0.3, 0.4) is 0 Å². The molecule has 0 aliphatic heterocycles. The molecule has 2 nitrogen and oxygen atoms in total. The second-order valence-corrected chi connectivity index (χ2v) is 3.24. The molecule has 0 saturated carbocycles. The largest absolute Gasteiger partial charge is 0.481 e. The van der Waals surface area contributed by atoms with Crippen molar-refractivity contribution < 1.29 is 22.3 Å². The molecule has 0 atom stereocenters. The van der Waals surface area contributed by atoms with Crippen molar-refractivity contribution in [1.29, 1.82) is 0 Å². The van der Waals surface area contributed by atoms with Crippen molar-refractivity contribution in [3.63, 3.8) is 0 Å². The molecular formula is C11H17F3O2. The van der Waals surface area contributed by atoms with Gasteiger partial charge in [0.05, 0.1) is 0 Å². The molecule has 1 aromatic rings. The van der Waals surface area contributed by atoms with E-state index in [1.807, 2.05) is 27.7 Å². The summed E-state index contributed by atoms with van der Waals surface area (Å²) in [5.41, 5.74) is 0. The maximum Gasteiger partial charge on any atom is 0.422 e. The number of halogens is 3. The summed E-state index contributed by atoms with van der Waals surface area (Å²) in [4.78, 5) is 0. The molecule has 0 saturated heterocycles. The second kappa shape index (κ2) is 6.45. The molecule has 0 aliphatic rings. The van der Waals surface area contributed by atoms with Crippen LogP contribution in [0, 0.1) is 0 Å². The van der Waals surface area contributed by atoms with Crippen LogP contribution in [0.5, 0.6) is 5.75 Å². The van der Waals surface area contributed by atoms with Gasteiger partial charge < -0.3 is 9.15 Å². The minimum atomic E-state index is -4.31. The van der Waals surface area contributed by atoms with Crippen molar-refractivity contribution >= 4 is 0 Å². The van der Waals surface area contributed by atoms with Crippen molar-refractivity contribution in [2.75, 3.05) is 6.61 Å². The van der Waals surface area contributed by atoms with Gasteiger partial charge in [-0.3, -0.25) is 0 Å². The third kappa shape index (κ3) is 5.68. The molecule has 0 unspecified atom stereocenters. The summed E-state index contributed by atoms with van der Waals surface area (Å²) >= 11 is 0. The standard InChI is InChI=1S/C9H11F3O2.C2H6/c1-6(2)8-3-7(4-13-8)14-5-9(10,11)12;1-2/h3-4,6H,5H2,1-2H3;1-2H3. The van der Waals surface area contributed by atoms with E-state index in [9.17, 15) is 13.2 Å². The molecule has 0 aromatic carbocycles. The zero-order valence-electron chi connectivity index (χ0n) is 9.89. The number of ether oxygens (including phenoxy) is 1. The topological polar surface area (TPSA) is 22.4 Å². The number of rotatable bonds is 3. The molecule has 0 amide bonds. The number of furan rings is 1. The molecule has 16 heavy (non-hydrogen) atoms. The van der Waals surface area contributed by atoms with Crippen molar-refractivity contribution in [2.45, 2.75) is 39.8 Å². The Hall–Kier alpha value is -1.13. The molecule has 0 spiro atoms. The van der Waals surface area contributed by atoms with Crippen LogP contribution in [0.15, 0.2) is 16.7 Å². The highest BCUT2D eigenvalue weighted by molar-refractivity contribution is 5.21. The summed E-state index contributed by atoms with van der Waals surface area (Å²) in [6.07, 6.45) is -3.13. The molecule has 1 rings (SSSR count). The SMILES string of the molecule is CC.CC(C)c1cc(OCC(F)(F)F)co1. The Kier molecular flexibility index (Phi) is 6.00. The first-order valence-electron chi connectivity index (χ1n) is 5.16. The van der Waals surface area contributed by atoms with Gasteiger partial charge in [-0.15, -0.1) is 0 Å². The van der Waals surface area contributed by atoms with Crippen LogP contribution in [0.2, 0.25) is 0 Å². The van der Waals surface area contributed by atoms with E-state index in [4.69, 9.17) is 4.42 Å². The zero-order chi connectivity index (χ0) is 12.8. The normalized spacial score (nSPS) is 11.0. The minimum absolute atomic E-state index is 0.117. The molecule has 0 radical (unpaired) electrons. The lowest BCUT2D eigenvalue weighted by atomic mass is 10.2. The van der Waals surface area contributed by atoms with Crippen LogP contribution in [0.1, 0.15) is 39.4 Å². The lowest BCUT2D eigenvalue weighted by Gasteiger charge is -2.05. The Morgan fingerprint density at radius 3 is 2.25 bits per heavy atom. The lowest BCUT2D eigenvalue weighted by molar-refractivity contribution is -0.153. The van der Waals surface area contributed by atoms with E-state index in [1.165, 1.54) is 12.3 Å². The van der Waals surface area contributed by atoms with Crippen LogP contribution < -0.4 is 4.74 Å². The van der Waals surface area contributed by atoms with Gasteiger partial charge in [0.2, 0.25) is 0 Å². The maximum absolute atomic E-state index is 11.8. The molecular weight excluding hydrogens is 221 g/mol. The molecule has 5 heteroatoms. The summed E-state index contributed by atoms with van der Waals surface area (Å²) in [7, 11) is 0. The van der Waals surface area contributed by atoms with Gasteiger partial charge in [0.1, 0.15) is 12.0 Å². The highest BCUT2D eigenvalue weighted by atomic mass is 19.4. The highest BCUT2D eigenvalue weighted by Gasteiger charge is 2.28. The fraction of sp³-hybridized carbons (Fsp3) is 0.636. The molecule has 0 aliphatic carbocycles. The van der Waals surface area contributed by atoms with Crippen molar-refractivity contribution in [1.82, 2.24) is 0 Å². The van der Waals surface area contributed by atoms with Crippen LogP contribution in [0.4, 0.5) is 13.2 Å². The second-order valence-electron chi connectivity index (χ2n) is 3.24. The predicted octanol–water partition coefficient (Wildman–Crippen LogP) is 4.37. The fourth-order valence-electron chi connectivity index (χ4n) is 0.878. The zero-order valence-corrected chi connectivity index (χ0v) is 9.89. The Balaban J connectivity index is 0.00000106. The average molecular weight is 238 g/mol. The molecule has 94 valence electrons. The number of hydrogen-bond acceptors (Lipinski definition) is 2. The van der Waals surface area contributed by atoms with Gasteiger partial charge in [-0.05, 0) is 0 Å². The third-order valence-corrected chi connectivity index (χ3v) is 1.57. The smallest absolute Gasteiger partial charge is 0.422 e. The quantitative estimate of drug-likeness (QED) is 0.780. The minimum Gasteiger partial charge on any atom is -0.481 e. The van der Waals surface area contributed by atoms with E-state index >= 15 is 0 Å². The number of alkyl halides is 3. The van der Waals surface area contributed by atoms with Crippen LogP contribution in [0.25, 0.3) is 0 Å². The van der Waals surface area contributed by atoms with Crippen molar-refractivity contribution in [2.24, 2.45) is 0 Å².